The van der Waals surface area contributed by atoms with Gasteiger partial charge in [-0.05, 0) is 44.5 Å². The van der Waals surface area contributed by atoms with E-state index in [1.165, 1.54) is 22.3 Å². The van der Waals surface area contributed by atoms with E-state index < -0.39 is 0 Å². The van der Waals surface area contributed by atoms with Crippen LogP contribution >= 0.6 is 0 Å². The molecule has 0 saturated carbocycles. The van der Waals surface area contributed by atoms with Crippen LogP contribution in [0.1, 0.15) is 28.7 Å². The van der Waals surface area contributed by atoms with Crippen molar-refractivity contribution in [2.24, 2.45) is 0 Å². The van der Waals surface area contributed by atoms with Crippen molar-refractivity contribution < 1.29 is 0 Å². The van der Waals surface area contributed by atoms with Crippen molar-refractivity contribution in [3.8, 4) is 0 Å². The molecule has 2 rings (SSSR count). The van der Waals surface area contributed by atoms with Crippen molar-refractivity contribution in [2.75, 3.05) is 13.1 Å². The molecule has 0 aliphatic rings. The highest BCUT2D eigenvalue weighted by atomic mass is 14.9. The Morgan fingerprint density at radius 1 is 0.619 bits per heavy atom. The van der Waals surface area contributed by atoms with Gasteiger partial charge in [-0.2, -0.15) is 0 Å². The number of hydrogen-bond donors (Lipinski definition) is 2. The van der Waals surface area contributed by atoms with Crippen LogP contribution < -0.4 is 10.6 Å². The fourth-order valence-electron chi connectivity index (χ4n) is 2.22. The summed E-state index contributed by atoms with van der Waals surface area (Å²) in [6.45, 7) is 8.26. The van der Waals surface area contributed by atoms with Crippen molar-refractivity contribution in [1.82, 2.24) is 10.6 Å². The molecular weight excluding hydrogens is 256 g/mol. The summed E-state index contributed by atoms with van der Waals surface area (Å²) < 4.78 is 0. The van der Waals surface area contributed by atoms with E-state index in [9.17, 15) is 0 Å². The smallest absolute Gasteiger partial charge is 0.0205 e. The maximum atomic E-state index is 3.49. The average Bonchev–Trinajstić information content (AvgIpc) is 2.50. The Morgan fingerprint density at radius 3 is 1.38 bits per heavy atom. The lowest BCUT2D eigenvalue weighted by Gasteiger charge is -2.07. The molecule has 2 nitrogen and oxygen atoms in total. The minimum atomic E-state index is 0.957. The van der Waals surface area contributed by atoms with Crippen LogP contribution in [0.4, 0.5) is 0 Å². The van der Waals surface area contributed by atoms with E-state index in [-0.39, 0.29) is 0 Å². The van der Waals surface area contributed by atoms with Gasteiger partial charge in [0.2, 0.25) is 0 Å². The zero-order chi connectivity index (χ0) is 14.9. The van der Waals surface area contributed by atoms with Crippen LogP contribution in [0.25, 0.3) is 0 Å². The van der Waals surface area contributed by atoms with Gasteiger partial charge in [0.1, 0.15) is 0 Å². The molecule has 0 fully saturated rings. The molecule has 2 aromatic rings. The summed E-state index contributed by atoms with van der Waals surface area (Å²) in [5.41, 5.74) is 5.35. The summed E-state index contributed by atoms with van der Waals surface area (Å²) >= 11 is 0. The molecule has 0 unspecified atom stereocenters. The van der Waals surface area contributed by atoms with Crippen LogP contribution in [0, 0.1) is 13.8 Å². The first kappa shape index (κ1) is 15.7. The number of nitrogens with one attached hydrogen (secondary N) is 2. The fraction of sp³-hybridized carbons (Fsp3) is 0.368. The lowest BCUT2D eigenvalue weighted by atomic mass is 10.1. The minimum absolute atomic E-state index is 0.957. The molecule has 0 bridgehead atoms. The first-order chi connectivity index (χ1) is 10.2. The summed E-state index contributed by atoms with van der Waals surface area (Å²) in [5, 5.41) is 6.97. The molecule has 21 heavy (non-hydrogen) atoms. The van der Waals surface area contributed by atoms with E-state index in [1.54, 1.807) is 0 Å². The highest BCUT2D eigenvalue weighted by Gasteiger charge is 1.94. The second kappa shape index (κ2) is 8.60. The zero-order valence-corrected chi connectivity index (χ0v) is 13.2. The van der Waals surface area contributed by atoms with Crippen LogP contribution in [0.15, 0.2) is 48.5 Å². The molecule has 0 aliphatic heterocycles. The third-order valence-corrected chi connectivity index (χ3v) is 3.61. The van der Waals surface area contributed by atoms with Gasteiger partial charge < -0.3 is 10.6 Å². The molecule has 0 radical (unpaired) electrons. The van der Waals surface area contributed by atoms with E-state index in [2.05, 4.69) is 73.0 Å². The number of hydrogen-bond acceptors (Lipinski definition) is 2. The Labute approximate surface area is 128 Å². The van der Waals surface area contributed by atoms with Gasteiger partial charge in [-0.1, -0.05) is 59.7 Å². The highest BCUT2D eigenvalue weighted by molar-refractivity contribution is 5.21. The first-order valence-corrected chi connectivity index (χ1v) is 7.76. The summed E-state index contributed by atoms with van der Waals surface area (Å²) in [7, 11) is 0. The topological polar surface area (TPSA) is 24.1 Å². The van der Waals surface area contributed by atoms with Crippen LogP contribution in [-0.2, 0) is 13.1 Å². The van der Waals surface area contributed by atoms with Gasteiger partial charge in [-0.15, -0.1) is 0 Å². The quantitative estimate of drug-likeness (QED) is 0.723. The van der Waals surface area contributed by atoms with Gasteiger partial charge in [0.15, 0.2) is 0 Å². The molecule has 0 aliphatic carbocycles. The third-order valence-electron chi connectivity index (χ3n) is 3.61. The summed E-state index contributed by atoms with van der Waals surface area (Å²) in [5.74, 6) is 0. The predicted octanol–water partition coefficient (Wildman–Crippen LogP) is 3.57. The SMILES string of the molecule is Cc1ccc(CNCCCNCc2ccc(C)cc2)cc1. The van der Waals surface area contributed by atoms with E-state index in [4.69, 9.17) is 0 Å². The Kier molecular flexibility index (Phi) is 6.45. The molecular formula is C19H26N2. The zero-order valence-electron chi connectivity index (χ0n) is 13.2. The van der Waals surface area contributed by atoms with Crippen LogP contribution in [-0.4, -0.2) is 13.1 Å². The molecule has 112 valence electrons. The predicted molar refractivity (Wildman–Crippen MR) is 90.4 cm³/mol. The summed E-state index contributed by atoms with van der Waals surface area (Å²) in [4.78, 5) is 0. The van der Waals surface area contributed by atoms with Crippen molar-refractivity contribution in [3.05, 3.63) is 70.8 Å². The van der Waals surface area contributed by atoms with E-state index >= 15 is 0 Å². The largest absolute Gasteiger partial charge is 0.313 e. The normalized spacial score (nSPS) is 10.8. The molecule has 0 heterocycles. The van der Waals surface area contributed by atoms with E-state index in [1.807, 2.05) is 0 Å². The van der Waals surface area contributed by atoms with Crippen molar-refractivity contribution in [2.45, 2.75) is 33.4 Å². The number of aryl methyl sites for hydroxylation is 2. The lowest BCUT2D eigenvalue weighted by Crippen LogP contribution is -2.21. The molecule has 2 aromatic carbocycles. The Hall–Kier alpha value is -1.64. The van der Waals surface area contributed by atoms with Crippen molar-refractivity contribution in [3.63, 3.8) is 0 Å². The maximum absolute atomic E-state index is 3.49. The number of benzene rings is 2. The Balaban J connectivity index is 1.52. The monoisotopic (exact) mass is 282 g/mol. The molecule has 2 heteroatoms. The van der Waals surface area contributed by atoms with E-state index in [0.717, 1.165) is 32.6 Å². The van der Waals surface area contributed by atoms with Gasteiger partial charge in [0.05, 0.1) is 0 Å². The first-order valence-electron chi connectivity index (χ1n) is 7.76. The number of rotatable bonds is 8. The molecule has 0 aromatic heterocycles. The van der Waals surface area contributed by atoms with Crippen LogP contribution in [0.3, 0.4) is 0 Å². The standard InChI is InChI=1S/C19H26N2/c1-16-4-8-18(9-5-16)14-20-12-3-13-21-15-19-10-6-17(2)7-11-19/h4-11,20-21H,3,12-15H2,1-2H3. The van der Waals surface area contributed by atoms with Crippen molar-refractivity contribution >= 4 is 0 Å². The molecule has 0 atom stereocenters. The van der Waals surface area contributed by atoms with Crippen molar-refractivity contribution in [1.29, 1.82) is 0 Å². The van der Waals surface area contributed by atoms with Gasteiger partial charge in [-0.3, -0.25) is 0 Å². The van der Waals surface area contributed by atoms with Crippen LogP contribution in [0.5, 0.6) is 0 Å². The molecule has 0 spiro atoms. The van der Waals surface area contributed by atoms with Gasteiger partial charge >= 0.3 is 0 Å². The van der Waals surface area contributed by atoms with E-state index in [0.29, 0.717) is 0 Å². The second-order valence-electron chi connectivity index (χ2n) is 5.68. The van der Waals surface area contributed by atoms with Gasteiger partial charge in [0.25, 0.3) is 0 Å². The summed E-state index contributed by atoms with van der Waals surface area (Å²) in [6, 6.07) is 17.4. The Bertz CT molecular complexity index is 465. The van der Waals surface area contributed by atoms with Crippen LogP contribution in [0.2, 0.25) is 0 Å². The molecule has 0 amide bonds. The third kappa shape index (κ3) is 6.11. The van der Waals surface area contributed by atoms with Gasteiger partial charge in [0, 0.05) is 13.1 Å². The fourth-order valence-corrected chi connectivity index (χ4v) is 2.22. The second-order valence-corrected chi connectivity index (χ2v) is 5.68. The minimum Gasteiger partial charge on any atom is -0.313 e. The lowest BCUT2D eigenvalue weighted by molar-refractivity contribution is 0.595. The average molecular weight is 282 g/mol. The van der Waals surface area contributed by atoms with Gasteiger partial charge in [-0.25, -0.2) is 0 Å². The maximum Gasteiger partial charge on any atom is 0.0205 e. The molecule has 2 N–H and O–H groups in total. The Morgan fingerprint density at radius 2 is 1.00 bits per heavy atom. The highest BCUT2D eigenvalue weighted by Crippen LogP contribution is 2.03. The molecule has 0 saturated heterocycles. The summed E-state index contributed by atoms with van der Waals surface area (Å²) in [6.07, 6.45) is 1.15.